The van der Waals surface area contributed by atoms with Gasteiger partial charge in [0.2, 0.25) is 0 Å². The van der Waals surface area contributed by atoms with Crippen LogP contribution in [-0.4, -0.2) is 59.8 Å². The van der Waals surface area contributed by atoms with Crippen molar-refractivity contribution in [1.82, 2.24) is 14.9 Å². The minimum Gasteiger partial charge on any atom is -0.365 e. The van der Waals surface area contributed by atoms with Gasteiger partial charge in [0.05, 0.1) is 23.9 Å². The highest BCUT2D eigenvalue weighted by molar-refractivity contribution is 7.91. The van der Waals surface area contributed by atoms with Gasteiger partial charge in [-0.2, -0.15) is 0 Å². The lowest BCUT2D eigenvalue weighted by Crippen LogP contribution is -2.33. The van der Waals surface area contributed by atoms with Crippen LogP contribution < -0.4 is 5.32 Å². The van der Waals surface area contributed by atoms with Crippen LogP contribution in [-0.2, 0) is 9.84 Å². The molecular formula is C15H24N4O3S. The molecule has 2 rings (SSSR count). The van der Waals surface area contributed by atoms with E-state index in [-0.39, 0.29) is 23.5 Å². The second kappa shape index (κ2) is 7.72. The number of sulfone groups is 1. The number of nitrogens with one attached hydrogen (secondary N) is 1. The van der Waals surface area contributed by atoms with E-state index in [0.717, 1.165) is 12.8 Å². The van der Waals surface area contributed by atoms with Crippen molar-refractivity contribution in [3.8, 4) is 0 Å². The number of rotatable bonds is 7. The molecule has 8 heteroatoms. The number of hydrogen-bond donors (Lipinski definition) is 1. The summed E-state index contributed by atoms with van der Waals surface area (Å²) in [4.78, 5) is 22.5. The minimum atomic E-state index is -2.93. The summed E-state index contributed by atoms with van der Waals surface area (Å²) in [6, 6.07) is -0.132. The lowest BCUT2D eigenvalue weighted by molar-refractivity contribution is 0.0749. The Hall–Kier alpha value is -1.70. The molecule has 1 atom stereocenters. The van der Waals surface area contributed by atoms with Crippen LogP contribution in [0.25, 0.3) is 0 Å². The van der Waals surface area contributed by atoms with E-state index in [1.165, 1.54) is 12.4 Å². The number of anilines is 1. The Labute approximate surface area is 137 Å². The Kier molecular flexibility index (Phi) is 5.92. The fourth-order valence-electron chi connectivity index (χ4n) is 2.65. The highest BCUT2D eigenvalue weighted by atomic mass is 32.2. The number of amides is 1. The normalized spacial score (nSPS) is 19.5. The van der Waals surface area contributed by atoms with E-state index < -0.39 is 9.84 Å². The van der Waals surface area contributed by atoms with E-state index in [0.29, 0.717) is 31.0 Å². The lowest BCUT2D eigenvalue weighted by atomic mass is 10.2. The first-order valence-corrected chi connectivity index (χ1v) is 9.85. The Morgan fingerprint density at radius 3 is 2.43 bits per heavy atom. The third-order valence-corrected chi connectivity index (χ3v) is 5.50. The smallest absolute Gasteiger partial charge is 0.274 e. The van der Waals surface area contributed by atoms with Gasteiger partial charge in [-0.15, -0.1) is 0 Å². The predicted molar refractivity (Wildman–Crippen MR) is 89.2 cm³/mol. The van der Waals surface area contributed by atoms with Crippen LogP contribution in [0.15, 0.2) is 12.4 Å². The molecule has 128 valence electrons. The second-order valence-electron chi connectivity index (χ2n) is 5.82. The molecule has 0 aliphatic carbocycles. The monoisotopic (exact) mass is 340 g/mol. The van der Waals surface area contributed by atoms with Gasteiger partial charge in [-0.3, -0.25) is 4.79 Å². The minimum absolute atomic E-state index is 0.115. The Bertz CT molecular complexity index is 625. The van der Waals surface area contributed by atoms with E-state index in [1.807, 2.05) is 13.8 Å². The summed E-state index contributed by atoms with van der Waals surface area (Å²) in [6.45, 7) is 5.47. The van der Waals surface area contributed by atoms with E-state index in [9.17, 15) is 13.2 Å². The molecule has 1 fully saturated rings. The highest BCUT2D eigenvalue weighted by Gasteiger charge is 2.28. The standard InChI is InChI=1S/C15H24N4O3S/c1-3-6-19(7-4-2)15(20)13-9-17-14(10-16-13)18-12-5-8-23(21,22)11-12/h9-10,12H,3-8,11H2,1-2H3,(H,17,18). The Morgan fingerprint density at radius 2 is 1.96 bits per heavy atom. The van der Waals surface area contributed by atoms with Crippen molar-refractivity contribution in [2.24, 2.45) is 0 Å². The molecule has 0 aromatic carbocycles. The molecule has 1 amide bonds. The first-order chi connectivity index (χ1) is 10.9. The molecule has 1 aromatic rings. The topological polar surface area (TPSA) is 92.3 Å². The van der Waals surface area contributed by atoms with Crippen LogP contribution >= 0.6 is 0 Å². The summed E-state index contributed by atoms with van der Waals surface area (Å²) in [5.74, 6) is 0.714. The van der Waals surface area contributed by atoms with Crippen molar-refractivity contribution in [1.29, 1.82) is 0 Å². The van der Waals surface area contributed by atoms with Crippen LogP contribution in [0.2, 0.25) is 0 Å². The number of aromatic nitrogens is 2. The maximum Gasteiger partial charge on any atom is 0.274 e. The summed E-state index contributed by atoms with van der Waals surface area (Å²) in [5, 5.41) is 3.06. The SMILES string of the molecule is CCCN(CCC)C(=O)c1cnc(NC2CCS(=O)(=O)C2)cn1. The molecule has 0 spiro atoms. The molecule has 1 aliphatic rings. The Balaban J connectivity index is 1.99. The van der Waals surface area contributed by atoms with Crippen LogP contribution in [0.4, 0.5) is 5.82 Å². The van der Waals surface area contributed by atoms with Gasteiger partial charge < -0.3 is 10.2 Å². The zero-order valence-electron chi connectivity index (χ0n) is 13.7. The van der Waals surface area contributed by atoms with E-state index >= 15 is 0 Å². The first-order valence-electron chi connectivity index (χ1n) is 8.03. The van der Waals surface area contributed by atoms with E-state index in [4.69, 9.17) is 0 Å². The number of carbonyl (C=O) groups excluding carboxylic acids is 1. The largest absolute Gasteiger partial charge is 0.365 e. The van der Waals surface area contributed by atoms with Gasteiger partial charge in [-0.25, -0.2) is 18.4 Å². The molecule has 0 saturated carbocycles. The van der Waals surface area contributed by atoms with Crippen LogP contribution in [0.1, 0.15) is 43.6 Å². The quantitative estimate of drug-likeness (QED) is 0.805. The highest BCUT2D eigenvalue weighted by Crippen LogP contribution is 2.16. The van der Waals surface area contributed by atoms with Crippen molar-refractivity contribution >= 4 is 21.6 Å². The number of carbonyl (C=O) groups is 1. The zero-order chi connectivity index (χ0) is 16.9. The molecule has 2 heterocycles. The third kappa shape index (κ3) is 4.89. The molecule has 23 heavy (non-hydrogen) atoms. The van der Waals surface area contributed by atoms with Gasteiger partial charge in [0.1, 0.15) is 11.5 Å². The maximum absolute atomic E-state index is 12.4. The summed E-state index contributed by atoms with van der Waals surface area (Å²) in [5.41, 5.74) is 0.316. The first kappa shape index (κ1) is 17.7. The van der Waals surface area contributed by atoms with Crippen molar-refractivity contribution in [2.45, 2.75) is 39.2 Å². The second-order valence-corrected chi connectivity index (χ2v) is 8.05. The number of nitrogens with zero attached hydrogens (tertiary/aromatic N) is 3. The molecular weight excluding hydrogens is 316 g/mol. The molecule has 1 aromatic heterocycles. The summed E-state index contributed by atoms with van der Waals surface area (Å²) >= 11 is 0. The summed E-state index contributed by atoms with van der Waals surface area (Å²) in [6.07, 6.45) is 5.32. The average Bonchev–Trinajstić information content (AvgIpc) is 2.86. The fourth-order valence-corrected chi connectivity index (χ4v) is 4.32. The molecule has 1 saturated heterocycles. The average molecular weight is 340 g/mol. The van der Waals surface area contributed by atoms with Crippen molar-refractivity contribution in [3.05, 3.63) is 18.1 Å². The van der Waals surface area contributed by atoms with Gasteiger partial charge in [0.25, 0.3) is 5.91 Å². The molecule has 1 aliphatic heterocycles. The van der Waals surface area contributed by atoms with E-state index in [2.05, 4.69) is 15.3 Å². The van der Waals surface area contributed by atoms with Gasteiger partial charge in [-0.05, 0) is 19.3 Å². The zero-order valence-corrected chi connectivity index (χ0v) is 14.5. The van der Waals surface area contributed by atoms with Gasteiger partial charge >= 0.3 is 0 Å². The van der Waals surface area contributed by atoms with Crippen LogP contribution in [0.3, 0.4) is 0 Å². The number of hydrogen-bond acceptors (Lipinski definition) is 6. The Morgan fingerprint density at radius 1 is 1.26 bits per heavy atom. The van der Waals surface area contributed by atoms with Gasteiger partial charge in [0.15, 0.2) is 9.84 Å². The lowest BCUT2D eigenvalue weighted by Gasteiger charge is -2.20. The van der Waals surface area contributed by atoms with Crippen LogP contribution in [0, 0.1) is 0 Å². The van der Waals surface area contributed by atoms with Crippen molar-refractivity contribution in [2.75, 3.05) is 29.9 Å². The van der Waals surface area contributed by atoms with Gasteiger partial charge in [-0.1, -0.05) is 13.8 Å². The maximum atomic E-state index is 12.4. The van der Waals surface area contributed by atoms with Gasteiger partial charge in [0, 0.05) is 19.1 Å². The third-order valence-electron chi connectivity index (χ3n) is 3.73. The predicted octanol–water partition coefficient (Wildman–Crippen LogP) is 1.34. The molecule has 1 unspecified atom stereocenters. The molecule has 1 N–H and O–H groups in total. The van der Waals surface area contributed by atoms with E-state index in [1.54, 1.807) is 4.90 Å². The van der Waals surface area contributed by atoms with Crippen molar-refractivity contribution in [3.63, 3.8) is 0 Å². The van der Waals surface area contributed by atoms with Crippen molar-refractivity contribution < 1.29 is 13.2 Å². The van der Waals surface area contributed by atoms with Crippen LogP contribution in [0.5, 0.6) is 0 Å². The molecule has 0 radical (unpaired) electrons. The summed E-state index contributed by atoms with van der Waals surface area (Å²) < 4.78 is 22.9. The molecule has 7 nitrogen and oxygen atoms in total. The summed E-state index contributed by atoms with van der Waals surface area (Å²) in [7, 11) is -2.93. The molecule has 0 bridgehead atoms. The fraction of sp³-hybridized carbons (Fsp3) is 0.667.